The van der Waals surface area contributed by atoms with Crippen LogP contribution in [-0.2, 0) is 16.8 Å². The second-order valence-corrected chi connectivity index (χ2v) is 4.17. The quantitative estimate of drug-likeness (QED) is 0.736. The second-order valence-electron chi connectivity index (χ2n) is 2.79. The summed E-state index contributed by atoms with van der Waals surface area (Å²) in [4.78, 5) is 0. The molecule has 0 fully saturated rings. The lowest BCUT2D eigenvalue weighted by Gasteiger charge is -2.04. The predicted octanol–water partition coefficient (Wildman–Crippen LogP) is 0.288. The van der Waals surface area contributed by atoms with Gasteiger partial charge in [0.05, 0.1) is 0 Å². The molecule has 3 N–H and O–H groups in total. The lowest BCUT2D eigenvalue weighted by atomic mass is 10.1. The molecule has 13 heavy (non-hydrogen) atoms. The fraction of sp³-hybridized carbons (Fsp3) is 0.250. The van der Waals surface area contributed by atoms with E-state index < -0.39 is 10.2 Å². The van der Waals surface area contributed by atoms with Gasteiger partial charge in [0.2, 0.25) is 0 Å². The van der Waals surface area contributed by atoms with Gasteiger partial charge in [0, 0.05) is 6.54 Å². The zero-order valence-corrected chi connectivity index (χ0v) is 8.14. The number of hydrogen-bond acceptors (Lipinski definition) is 2. The minimum atomic E-state index is -3.59. The van der Waals surface area contributed by atoms with Crippen molar-refractivity contribution in [3.05, 3.63) is 35.4 Å². The van der Waals surface area contributed by atoms with Crippen molar-refractivity contribution in [2.45, 2.75) is 13.5 Å². The molecule has 0 heterocycles. The van der Waals surface area contributed by atoms with E-state index in [9.17, 15) is 8.42 Å². The predicted molar refractivity (Wildman–Crippen MR) is 51.1 cm³/mol. The number of rotatable bonds is 3. The molecule has 0 bridgehead atoms. The van der Waals surface area contributed by atoms with Crippen LogP contribution in [-0.4, -0.2) is 8.42 Å². The fourth-order valence-electron chi connectivity index (χ4n) is 0.987. The topological polar surface area (TPSA) is 72.2 Å². The molecule has 4 nitrogen and oxygen atoms in total. The molecular formula is C8H12N2O2S. The summed E-state index contributed by atoms with van der Waals surface area (Å²) in [6.45, 7) is 2.16. The summed E-state index contributed by atoms with van der Waals surface area (Å²) >= 11 is 0. The monoisotopic (exact) mass is 200 g/mol. The number of benzene rings is 1. The standard InChI is InChI=1S/C8H12N2O2S/c1-7-4-2-3-5-8(7)6-10-13(9,11)12/h2-5,10H,6H2,1H3,(H2,9,11,12). The summed E-state index contributed by atoms with van der Waals surface area (Å²) in [6, 6.07) is 7.52. The van der Waals surface area contributed by atoms with Crippen LogP contribution in [0.15, 0.2) is 24.3 Å². The van der Waals surface area contributed by atoms with Crippen molar-refractivity contribution in [2.24, 2.45) is 5.14 Å². The van der Waals surface area contributed by atoms with E-state index >= 15 is 0 Å². The number of nitrogens with two attached hydrogens (primary N) is 1. The van der Waals surface area contributed by atoms with Crippen LogP contribution in [0, 0.1) is 6.92 Å². The molecule has 1 rings (SSSR count). The van der Waals surface area contributed by atoms with E-state index in [0.717, 1.165) is 11.1 Å². The van der Waals surface area contributed by atoms with Crippen LogP contribution in [0.1, 0.15) is 11.1 Å². The molecule has 1 aromatic rings. The Kier molecular flexibility index (Phi) is 3.02. The normalized spacial score (nSPS) is 11.5. The average Bonchev–Trinajstić information content (AvgIpc) is 2.01. The van der Waals surface area contributed by atoms with Crippen LogP contribution in [0.5, 0.6) is 0 Å². The summed E-state index contributed by atoms with van der Waals surface area (Å²) in [6.07, 6.45) is 0. The molecule has 0 unspecified atom stereocenters. The van der Waals surface area contributed by atoms with Gasteiger partial charge in [-0.15, -0.1) is 0 Å². The van der Waals surface area contributed by atoms with E-state index in [1.54, 1.807) is 0 Å². The Hall–Kier alpha value is -0.910. The molecule has 0 aromatic heterocycles. The van der Waals surface area contributed by atoms with Crippen LogP contribution in [0.3, 0.4) is 0 Å². The SMILES string of the molecule is Cc1ccccc1CNS(N)(=O)=O. The molecular weight excluding hydrogens is 188 g/mol. The maximum absolute atomic E-state index is 10.6. The molecule has 0 aliphatic carbocycles. The van der Waals surface area contributed by atoms with E-state index in [2.05, 4.69) is 4.72 Å². The highest BCUT2D eigenvalue weighted by Crippen LogP contribution is 2.05. The maximum atomic E-state index is 10.6. The van der Waals surface area contributed by atoms with Crippen LogP contribution in [0.25, 0.3) is 0 Å². The molecule has 0 aliphatic heterocycles. The first-order valence-corrected chi connectivity index (χ1v) is 5.35. The summed E-state index contributed by atoms with van der Waals surface area (Å²) in [5, 5.41) is 4.79. The summed E-state index contributed by atoms with van der Waals surface area (Å²) in [5.41, 5.74) is 1.97. The Morgan fingerprint density at radius 2 is 2.00 bits per heavy atom. The van der Waals surface area contributed by atoms with Gasteiger partial charge in [-0.05, 0) is 18.1 Å². The van der Waals surface area contributed by atoms with E-state index in [0.29, 0.717) is 0 Å². The molecule has 0 saturated carbocycles. The van der Waals surface area contributed by atoms with Crippen LogP contribution >= 0.6 is 0 Å². The summed E-state index contributed by atoms with van der Waals surface area (Å²) in [7, 11) is -3.59. The Morgan fingerprint density at radius 3 is 2.54 bits per heavy atom. The van der Waals surface area contributed by atoms with Crippen molar-refractivity contribution < 1.29 is 8.42 Å². The van der Waals surface area contributed by atoms with Gasteiger partial charge < -0.3 is 0 Å². The van der Waals surface area contributed by atoms with Crippen molar-refractivity contribution in [3.8, 4) is 0 Å². The second kappa shape index (κ2) is 3.87. The lowest BCUT2D eigenvalue weighted by Crippen LogP contribution is -2.30. The molecule has 0 saturated heterocycles. The van der Waals surface area contributed by atoms with Crippen LogP contribution in [0.2, 0.25) is 0 Å². The highest BCUT2D eigenvalue weighted by molar-refractivity contribution is 7.87. The molecule has 0 radical (unpaired) electrons. The Bertz CT molecular complexity index is 387. The minimum absolute atomic E-state index is 0.242. The molecule has 0 aliphatic rings. The average molecular weight is 200 g/mol. The van der Waals surface area contributed by atoms with Gasteiger partial charge in [-0.3, -0.25) is 0 Å². The lowest BCUT2D eigenvalue weighted by molar-refractivity contribution is 0.583. The summed E-state index contributed by atoms with van der Waals surface area (Å²) in [5.74, 6) is 0. The third kappa shape index (κ3) is 3.54. The van der Waals surface area contributed by atoms with E-state index in [-0.39, 0.29) is 6.54 Å². The van der Waals surface area contributed by atoms with Gasteiger partial charge in [-0.2, -0.15) is 13.1 Å². The Morgan fingerprint density at radius 1 is 1.38 bits per heavy atom. The van der Waals surface area contributed by atoms with E-state index in [4.69, 9.17) is 5.14 Å². The minimum Gasteiger partial charge on any atom is -0.216 e. The van der Waals surface area contributed by atoms with Crippen molar-refractivity contribution in [3.63, 3.8) is 0 Å². The highest BCUT2D eigenvalue weighted by atomic mass is 32.2. The number of hydrogen-bond donors (Lipinski definition) is 2. The Balaban J connectivity index is 2.71. The van der Waals surface area contributed by atoms with Gasteiger partial charge in [-0.1, -0.05) is 24.3 Å². The van der Waals surface area contributed by atoms with Gasteiger partial charge in [-0.25, -0.2) is 5.14 Å². The zero-order chi connectivity index (χ0) is 9.90. The molecule has 0 atom stereocenters. The maximum Gasteiger partial charge on any atom is 0.274 e. The van der Waals surface area contributed by atoms with Gasteiger partial charge in [0.15, 0.2) is 0 Å². The summed E-state index contributed by atoms with van der Waals surface area (Å²) < 4.78 is 23.4. The largest absolute Gasteiger partial charge is 0.274 e. The van der Waals surface area contributed by atoms with Crippen molar-refractivity contribution in [2.75, 3.05) is 0 Å². The van der Waals surface area contributed by atoms with Crippen molar-refractivity contribution in [1.29, 1.82) is 0 Å². The third-order valence-corrected chi connectivity index (χ3v) is 2.27. The fourth-order valence-corrected chi connectivity index (χ4v) is 1.34. The van der Waals surface area contributed by atoms with Gasteiger partial charge in [0.1, 0.15) is 0 Å². The van der Waals surface area contributed by atoms with Crippen LogP contribution < -0.4 is 9.86 Å². The first kappa shape index (κ1) is 10.2. The van der Waals surface area contributed by atoms with Crippen LogP contribution in [0.4, 0.5) is 0 Å². The van der Waals surface area contributed by atoms with E-state index in [1.807, 2.05) is 31.2 Å². The van der Waals surface area contributed by atoms with Crippen molar-refractivity contribution >= 4 is 10.2 Å². The molecule has 5 heteroatoms. The molecule has 72 valence electrons. The van der Waals surface area contributed by atoms with E-state index in [1.165, 1.54) is 0 Å². The van der Waals surface area contributed by atoms with Gasteiger partial charge in [0.25, 0.3) is 10.2 Å². The molecule has 0 amide bonds. The zero-order valence-electron chi connectivity index (χ0n) is 7.32. The number of aryl methyl sites for hydroxylation is 1. The smallest absolute Gasteiger partial charge is 0.216 e. The molecule has 1 aromatic carbocycles. The molecule has 0 spiro atoms. The first-order chi connectivity index (χ1) is 5.99. The first-order valence-electron chi connectivity index (χ1n) is 3.81. The van der Waals surface area contributed by atoms with Crippen molar-refractivity contribution in [1.82, 2.24) is 4.72 Å². The highest BCUT2D eigenvalue weighted by Gasteiger charge is 2.02. The van der Waals surface area contributed by atoms with Gasteiger partial charge >= 0.3 is 0 Å². The number of nitrogens with one attached hydrogen (secondary N) is 1. The Labute approximate surface area is 77.9 Å². The third-order valence-electron chi connectivity index (χ3n) is 1.73.